The Labute approximate surface area is 140 Å². The van der Waals surface area contributed by atoms with Gasteiger partial charge in [-0.15, -0.1) is 16.4 Å². The standard InChI is InChI=1S/C16H12ClN5S/c17-10-7-5-9(6-8-10)14-18-16-13(15-19-20-21-22(14)15)11-3-1-2-4-12(11)23-16/h5-8H,1-4H2. The van der Waals surface area contributed by atoms with Crippen LogP contribution >= 0.6 is 22.9 Å². The SMILES string of the molecule is Clc1ccc(-c2nc3sc4c(c3c3nnnn23)CCCC4)cc1. The van der Waals surface area contributed by atoms with E-state index in [-0.39, 0.29) is 0 Å². The molecule has 0 bridgehead atoms. The molecule has 0 amide bonds. The summed E-state index contributed by atoms with van der Waals surface area (Å²) in [6, 6.07) is 7.62. The number of hydrogen-bond donors (Lipinski definition) is 0. The molecule has 0 spiro atoms. The van der Waals surface area contributed by atoms with Crippen molar-refractivity contribution in [2.45, 2.75) is 25.7 Å². The lowest BCUT2D eigenvalue weighted by Crippen LogP contribution is -2.01. The summed E-state index contributed by atoms with van der Waals surface area (Å²) in [6.07, 6.45) is 4.72. The Kier molecular flexibility index (Phi) is 2.90. The monoisotopic (exact) mass is 341 g/mol. The maximum atomic E-state index is 5.99. The molecular formula is C16H12ClN5S. The number of halogens is 1. The van der Waals surface area contributed by atoms with Gasteiger partial charge in [0.15, 0.2) is 11.5 Å². The van der Waals surface area contributed by atoms with Crippen LogP contribution in [0.4, 0.5) is 0 Å². The van der Waals surface area contributed by atoms with Gasteiger partial charge in [-0.1, -0.05) is 11.6 Å². The number of hydrogen-bond acceptors (Lipinski definition) is 5. The Morgan fingerprint density at radius 1 is 1.09 bits per heavy atom. The lowest BCUT2D eigenvalue weighted by molar-refractivity contribution is 0.700. The average Bonchev–Trinajstić information content (AvgIpc) is 3.18. The minimum Gasteiger partial charge on any atom is -0.217 e. The van der Waals surface area contributed by atoms with Crippen molar-refractivity contribution in [2.75, 3.05) is 0 Å². The van der Waals surface area contributed by atoms with Gasteiger partial charge in [-0.25, -0.2) is 4.98 Å². The van der Waals surface area contributed by atoms with Gasteiger partial charge < -0.3 is 0 Å². The van der Waals surface area contributed by atoms with Crippen LogP contribution in [-0.4, -0.2) is 25.0 Å². The summed E-state index contributed by atoms with van der Waals surface area (Å²) in [4.78, 5) is 7.35. The molecule has 3 heterocycles. The van der Waals surface area contributed by atoms with Crippen LogP contribution in [0.1, 0.15) is 23.3 Å². The largest absolute Gasteiger partial charge is 0.217 e. The Bertz CT molecular complexity index is 1030. The summed E-state index contributed by atoms with van der Waals surface area (Å²) in [5, 5.41) is 14.2. The maximum Gasteiger partial charge on any atom is 0.192 e. The highest BCUT2D eigenvalue weighted by Crippen LogP contribution is 2.38. The molecule has 7 heteroatoms. The van der Waals surface area contributed by atoms with Crippen molar-refractivity contribution >= 4 is 38.8 Å². The first-order chi connectivity index (χ1) is 11.3. The smallest absolute Gasteiger partial charge is 0.192 e. The molecule has 23 heavy (non-hydrogen) atoms. The molecule has 0 saturated carbocycles. The molecule has 114 valence electrons. The second-order valence-electron chi connectivity index (χ2n) is 5.75. The number of aromatic nitrogens is 5. The molecule has 0 aliphatic heterocycles. The quantitative estimate of drug-likeness (QED) is 0.526. The zero-order valence-corrected chi connectivity index (χ0v) is 13.7. The first-order valence-electron chi connectivity index (χ1n) is 7.59. The third kappa shape index (κ3) is 1.98. The third-order valence-corrected chi connectivity index (χ3v) is 5.79. The normalized spacial score (nSPS) is 14.5. The Morgan fingerprint density at radius 2 is 1.91 bits per heavy atom. The number of tetrazole rings is 1. The van der Waals surface area contributed by atoms with Gasteiger partial charge in [0.2, 0.25) is 0 Å². The molecule has 4 aromatic rings. The van der Waals surface area contributed by atoms with Crippen molar-refractivity contribution in [3.05, 3.63) is 39.7 Å². The lowest BCUT2D eigenvalue weighted by Gasteiger charge is -2.10. The van der Waals surface area contributed by atoms with E-state index in [1.165, 1.54) is 23.3 Å². The molecule has 1 aliphatic carbocycles. The molecule has 1 aromatic carbocycles. The molecule has 5 rings (SSSR count). The molecule has 0 fully saturated rings. The number of thiophene rings is 1. The van der Waals surface area contributed by atoms with E-state index < -0.39 is 0 Å². The molecule has 5 nitrogen and oxygen atoms in total. The summed E-state index contributed by atoms with van der Waals surface area (Å²) in [5.74, 6) is 0.757. The van der Waals surface area contributed by atoms with Gasteiger partial charge in [0.1, 0.15) is 4.83 Å². The van der Waals surface area contributed by atoms with Gasteiger partial charge in [-0.3, -0.25) is 0 Å². The van der Waals surface area contributed by atoms with Crippen LogP contribution in [0.3, 0.4) is 0 Å². The van der Waals surface area contributed by atoms with Gasteiger partial charge in [-0.2, -0.15) is 4.52 Å². The van der Waals surface area contributed by atoms with Gasteiger partial charge >= 0.3 is 0 Å². The summed E-state index contributed by atoms with van der Waals surface area (Å²) < 4.78 is 1.74. The zero-order chi connectivity index (χ0) is 15.4. The third-order valence-electron chi connectivity index (χ3n) is 4.36. The van der Waals surface area contributed by atoms with Gasteiger partial charge in [0.25, 0.3) is 0 Å². The van der Waals surface area contributed by atoms with E-state index >= 15 is 0 Å². The van der Waals surface area contributed by atoms with Gasteiger partial charge in [0, 0.05) is 15.5 Å². The van der Waals surface area contributed by atoms with E-state index in [0.29, 0.717) is 5.02 Å². The molecule has 3 aromatic heterocycles. The second kappa shape index (κ2) is 4.97. The van der Waals surface area contributed by atoms with Crippen molar-refractivity contribution in [2.24, 2.45) is 0 Å². The molecule has 0 radical (unpaired) electrons. The van der Waals surface area contributed by atoms with E-state index in [1.807, 2.05) is 24.3 Å². The highest BCUT2D eigenvalue weighted by Gasteiger charge is 2.22. The van der Waals surface area contributed by atoms with Crippen molar-refractivity contribution in [1.82, 2.24) is 25.0 Å². The molecule has 0 atom stereocenters. The first kappa shape index (κ1) is 13.4. The van der Waals surface area contributed by atoms with E-state index in [1.54, 1.807) is 15.9 Å². The van der Waals surface area contributed by atoms with Crippen LogP contribution in [0.25, 0.3) is 27.3 Å². The predicted octanol–water partition coefficient (Wildman–Crippen LogP) is 3.93. The summed E-state index contributed by atoms with van der Waals surface area (Å²) >= 11 is 7.78. The van der Waals surface area contributed by atoms with E-state index in [4.69, 9.17) is 16.6 Å². The van der Waals surface area contributed by atoms with E-state index in [2.05, 4.69) is 15.5 Å². The van der Waals surface area contributed by atoms with E-state index in [0.717, 1.165) is 40.1 Å². The summed E-state index contributed by atoms with van der Waals surface area (Å²) in [5.41, 5.74) is 3.16. The highest BCUT2D eigenvalue weighted by atomic mass is 35.5. The van der Waals surface area contributed by atoms with Crippen LogP contribution in [0, 0.1) is 0 Å². The Balaban J connectivity index is 1.86. The first-order valence-corrected chi connectivity index (χ1v) is 8.79. The molecular weight excluding hydrogens is 330 g/mol. The fraction of sp³-hybridized carbons (Fsp3) is 0.250. The second-order valence-corrected chi connectivity index (χ2v) is 7.27. The van der Waals surface area contributed by atoms with Crippen LogP contribution in [0.5, 0.6) is 0 Å². The maximum absolute atomic E-state index is 5.99. The topological polar surface area (TPSA) is 56.0 Å². The number of nitrogens with zero attached hydrogens (tertiary/aromatic N) is 5. The minimum atomic E-state index is 0.703. The summed E-state index contributed by atoms with van der Waals surface area (Å²) in [6.45, 7) is 0. The van der Waals surface area contributed by atoms with Crippen molar-refractivity contribution < 1.29 is 0 Å². The molecule has 0 unspecified atom stereocenters. The van der Waals surface area contributed by atoms with Crippen LogP contribution in [0.15, 0.2) is 24.3 Å². The average molecular weight is 342 g/mol. The molecule has 0 N–H and O–H groups in total. The van der Waals surface area contributed by atoms with E-state index in [9.17, 15) is 0 Å². The van der Waals surface area contributed by atoms with Crippen molar-refractivity contribution in [3.63, 3.8) is 0 Å². The Hall–Kier alpha value is -2.05. The van der Waals surface area contributed by atoms with Crippen molar-refractivity contribution in [1.29, 1.82) is 0 Å². The van der Waals surface area contributed by atoms with Gasteiger partial charge in [0.05, 0.1) is 5.39 Å². The minimum absolute atomic E-state index is 0.703. The van der Waals surface area contributed by atoms with Crippen LogP contribution in [-0.2, 0) is 12.8 Å². The fourth-order valence-electron chi connectivity index (χ4n) is 3.28. The van der Waals surface area contributed by atoms with Gasteiger partial charge in [-0.05, 0) is 65.9 Å². The fourth-order valence-corrected chi connectivity index (χ4v) is 4.66. The van der Waals surface area contributed by atoms with Crippen LogP contribution < -0.4 is 0 Å². The lowest BCUT2D eigenvalue weighted by atomic mass is 9.97. The summed E-state index contributed by atoms with van der Waals surface area (Å²) in [7, 11) is 0. The predicted molar refractivity (Wildman–Crippen MR) is 91.0 cm³/mol. The van der Waals surface area contributed by atoms with Crippen molar-refractivity contribution in [3.8, 4) is 11.4 Å². The number of benzene rings is 1. The number of rotatable bonds is 1. The number of aryl methyl sites for hydroxylation is 2. The highest BCUT2D eigenvalue weighted by molar-refractivity contribution is 7.19. The van der Waals surface area contributed by atoms with Crippen LogP contribution in [0.2, 0.25) is 5.02 Å². The molecule has 0 saturated heterocycles. The molecule has 1 aliphatic rings. The number of fused-ring (bicyclic) bond motifs is 5. The zero-order valence-electron chi connectivity index (χ0n) is 12.2. The Morgan fingerprint density at radius 3 is 2.78 bits per heavy atom.